The molecule has 0 bridgehead atoms. The Kier molecular flexibility index (Phi) is 9.34. The number of rotatable bonds is 8. The molecule has 182 valence electrons. The molecular formula is C23H37ClFNO5Si. The summed E-state index contributed by atoms with van der Waals surface area (Å²) in [6.07, 6.45) is -0.743. The van der Waals surface area contributed by atoms with Gasteiger partial charge in [0.25, 0.3) is 0 Å². The largest absolute Gasteiger partial charge is 0.493 e. The Morgan fingerprint density at radius 3 is 2.19 bits per heavy atom. The number of carbonyl (C=O) groups is 2. The molecule has 0 heterocycles. The van der Waals surface area contributed by atoms with Crippen LogP contribution in [-0.4, -0.2) is 39.0 Å². The van der Waals surface area contributed by atoms with Gasteiger partial charge in [-0.05, 0) is 58.8 Å². The molecule has 9 heteroatoms. The van der Waals surface area contributed by atoms with Gasteiger partial charge in [0, 0.05) is 0 Å². The minimum absolute atomic E-state index is 0.0332. The van der Waals surface area contributed by atoms with Gasteiger partial charge in [-0.15, -0.1) is 0 Å². The van der Waals surface area contributed by atoms with Crippen molar-refractivity contribution < 1.29 is 27.9 Å². The molecule has 0 radical (unpaired) electrons. The molecule has 32 heavy (non-hydrogen) atoms. The van der Waals surface area contributed by atoms with E-state index in [4.69, 9.17) is 25.5 Å². The van der Waals surface area contributed by atoms with Gasteiger partial charge in [-0.2, -0.15) is 0 Å². The lowest BCUT2D eigenvalue weighted by molar-refractivity contribution is 0.0482. The zero-order valence-electron chi connectivity index (χ0n) is 20.9. The summed E-state index contributed by atoms with van der Waals surface area (Å²) in [7, 11) is -2.26. The van der Waals surface area contributed by atoms with Gasteiger partial charge < -0.3 is 19.2 Å². The molecule has 0 saturated heterocycles. The summed E-state index contributed by atoms with van der Waals surface area (Å²) in [5, 5.41) is 2.35. The molecule has 1 aromatic carbocycles. The maximum absolute atomic E-state index is 15.4. The number of hydrogen-bond acceptors (Lipinski definition) is 5. The smallest absolute Gasteiger partial charge is 0.408 e. The predicted octanol–water partition coefficient (Wildman–Crippen LogP) is 6.67. The number of ether oxygens (including phenoxy) is 2. The van der Waals surface area contributed by atoms with Crippen molar-refractivity contribution in [3.05, 3.63) is 28.0 Å². The Bertz CT molecular complexity index is 846. The molecule has 1 atom stereocenters. The Balaban J connectivity index is 3.58. The summed E-state index contributed by atoms with van der Waals surface area (Å²) in [5.41, 5.74) is -0.652. The number of halogens is 2. The third-order valence-electron chi connectivity index (χ3n) is 5.33. The lowest BCUT2D eigenvalue weighted by atomic mass is 9.99. The summed E-state index contributed by atoms with van der Waals surface area (Å²) in [5.74, 6) is -1.07. The number of amides is 1. The Labute approximate surface area is 197 Å². The van der Waals surface area contributed by atoms with Crippen molar-refractivity contribution in [3.63, 3.8) is 0 Å². The van der Waals surface area contributed by atoms with Gasteiger partial charge in [-0.1, -0.05) is 32.4 Å². The zero-order valence-corrected chi connectivity index (χ0v) is 22.6. The highest BCUT2D eigenvalue weighted by Crippen LogP contribution is 2.40. The summed E-state index contributed by atoms with van der Waals surface area (Å²) in [6, 6.07) is 0.254. The van der Waals surface area contributed by atoms with Crippen molar-refractivity contribution in [2.45, 2.75) is 85.2 Å². The van der Waals surface area contributed by atoms with E-state index >= 15 is 4.39 Å². The first-order valence-electron chi connectivity index (χ1n) is 10.7. The van der Waals surface area contributed by atoms with Crippen molar-refractivity contribution in [1.29, 1.82) is 0 Å². The van der Waals surface area contributed by atoms with E-state index in [2.05, 4.69) is 39.2 Å². The van der Waals surface area contributed by atoms with Crippen LogP contribution in [0.2, 0.25) is 23.2 Å². The van der Waals surface area contributed by atoms with Crippen molar-refractivity contribution in [2.24, 2.45) is 0 Å². The van der Waals surface area contributed by atoms with Crippen LogP contribution in [0.3, 0.4) is 0 Å². The second-order valence-corrected chi connectivity index (χ2v) is 15.4. The fraction of sp³-hybridized carbons (Fsp3) is 0.652. The number of Topliss-reactive ketones (excluding diaryl/α,β-unsaturated/α-hetero) is 1. The molecule has 0 spiro atoms. The van der Waals surface area contributed by atoms with Crippen LogP contribution in [0.4, 0.5) is 9.18 Å². The summed E-state index contributed by atoms with van der Waals surface area (Å²) in [4.78, 5) is 24.8. The molecule has 1 N–H and O–H groups in total. The first kappa shape index (κ1) is 28.4. The van der Waals surface area contributed by atoms with Crippen molar-refractivity contribution in [2.75, 3.05) is 13.2 Å². The van der Waals surface area contributed by atoms with Gasteiger partial charge in [-0.3, -0.25) is 4.79 Å². The summed E-state index contributed by atoms with van der Waals surface area (Å²) in [6.45, 7) is 18.8. The maximum Gasteiger partial charge on any atom is 0.408 e. The minimum atomic E-state index is -2.26. The lowest BCUT2D eigenvalue weighted by Crippen LogP contribution is -2.44. The van der Waals surface area contributed by atoms with Crippen LogP contribution in [0.25, 0.3) is 0 Å². The standard InChI is InChI=1S/C23H37ClFNO5Si/c1-11-29-20-15(14(2)27)12-16(24)19(25)18(20)17(26-21(28)31-22(3,4)5)13-30-32(9,10)23(6,7)8/h12,17H,11,13H2,1-10H3,(H,26,28). The number of hydrogen-bond donors (Lipinski definition) is 1. The van der Waals surface area contributed by atoms with E-state index in [9.17, 15) is 9.59 Å². The number of alkyl carbamates (subject to hydrolysis) is 1. The third kappa shape index (κ3) is 7.45. The molecule has 1 amide bonds. The SMILES string of the molecule is CCOc1c(C(C)=O)cc(Cl)c(F)c1C(CO[Si](C)(C)C(C)(C)C)NC(=O)OC(C)(C)C. The van der Waals surface area contributed by atoms with E-state index in [0.717, 1.165) is 0 Å². The van der Waals surface area contributed by atoms with E-state index < -0.39 is 31.9 Å². The second-order valence-electron chi connectivity index (χ2n) is 10.2. The lowest BCUT2D eigenvalue weighted by Gasteiger charge is -2.37. The van der Waals surface area contributed by atoms with Gasteiger partial charge in [0.15, 0.2) is 19.9 Å². The van der Waals surface area contributed by atoms with Gasteiger partial charge in [0.05, 0.1) is 35.4 Å². The molecule has 1 aromatic rings. The predicted molar refractivity (Wildman–Crippen MR) is 128 cm³/mol. The molecule has 6 nitrogen and oxygen atoms in total. The number of nitrogens with one attached hydrogen (secondary N) is 1. The first-order valence-corrected chi connectivity index (χ1v) is 14.0. The average Bonchev–Trinajstić information content (AvgIpc) is 2.59. The molecule has 0 fully saturated rings. The molecule has 0 aliphatic carbocycles. The highest BCUT2D eigenvalue weighted by molar-refractivity contribution is 6.74. The normalized spacial score (nSPS) is 13.5. The summed E-state index contributed by atoms with van der Waals surface area (Å²) < 4.78 is 32.7. The van der Waals surface area contributed by atoms with Crippen LogP contribution >= 0.6 is 11.6 Å². The van der Waals surface area contributed by atoms with Gasteiger partial charge >= 0.3 is 6.09 Å². The van der Waals surface area contributed by atoms with Crippen LogP contribution in [0.15, 0.2) is 6.07 Å². The number of carbonyl (C=O) groups excluding carboxylic acids is 2. The fourth-order valence-electron chi connectivity index (χ4n) is 2.66. The molecule has 0 aliphatic heterocycles. The van der Waals surface area contributed by atoms with Gasteiger partial charge in [0.2, 0.25) is 0 Å². The highest BCUT2D eigenvalue weighted by atomic mass is 35.5. The van der Waals surface area contributed by atoms with Crippen LogP contribution in [0, 0.1) is 5.82 Å². The Morgan fingerprint density at radius 1 is 1.19 bits per heavy atom. The molecule has 1 unspecified atom stereocenters. The van der Waals surface area contributed by atoms with E-state index in [-0.39, 0.29) is 45.9 Å². The first-order chi connectivity index (χ1) is 14.4. The van der Waals surface area contributed by atoms with Gasteiger partial charge in [0.1, 0.15) is 11.4 Å². The third-order valence-corrected chi connectivity index (χ3v) is 10.1. The topological polar surface area (TPSA) is 73.9 Å². The average molecular weight is 490 g/mol. The Morgan fingerprint density at radius 2 is 1.75 bits per heavy atom. The fourth-order valence-corrected chi connectivity index (χ4v) is 3.88. The highest BCUT2D eigenvalue weighted by Gasteiger charge is 2.39. The van der Waals surface area contributed by atoms with E-state index in [1.807, 2.05) is 0 Å². The zero-order chi connectivity index (χ0) is 25.1. The van der Waals surface area contributed by atoms with Crippen molar-refractivity contribution >= 4 is 31.8 Å². The van der Waals surface area contributed by atoms with Gasteiger partial charge in [-0.25, -0.2) is 9.18 Å². The van der Waals surface area contributed by atoms with E-state index in [0.29, 0.717) is 0 Å². The van der Waals surface area contributed by atoms with Crippen LogP contribution in [0.1, 0.15) is 77.4 Å². The quantitative estimate of drug-likeness (QED) is 0.326. The van der Waals surface area contributed by atoms with Crippen molar-refractivity contribution in [1.82, 2.24) is 5.32 Å². The molecule has 1 rings (SSSR count). The molecule has 0 aliphatic rings. The van der Waals surface area contributed by atoms with Crippen LogP contribution in [0.5, 0.6) is 5.75 Å². The minimum Gasteiger partial charge on any atom is -0.493 e. The number of benzene rings is 1. The summed E-state index contributed by atoms with van der Waals surface area (Å²) >= 11 is 6.13. The van der Waals surface area contributed by atoms with E-state index in [1.165, 1.54) is 13.0 Å². The van der Waals surface area contributed by atoms with Crippen LogP contribution in [-0.2, 0) is 9.16 Å². The van der Waals surface area contributed by atoms with Crippen molar-refractivity contribution in [3.8, 4) is 5.75 Å². The Hall–Kier alpha value is -1.64. The monoisotopic (exact) mass is 489 g/mol. The van der Waals surface area contributed by atoms with Crippen LogP contribution < -0.4 is 10.1 Å². The van der Waals surface area contributed by atoms with E-state index in [1.54, 1.807) is 27.7 Å². The molecule has 0 aromatic heterocycles. The molecule has 0 saturated carbocycles. The number of ketones is 1. The second kappa shape index (κ2) is 10.5. The molecular weight excluding hydrogens is 453 g/mol. The maximum atomic E-state index is 15.4.